The summed E-state index contributed by atoms with van der Waals surface area (Å²) in [5.74, 6) is -1.70. The molecule has 0 spiro atoms. The number of hydrogen-bond acceptors (Lipinski definition) is 5. The van der Waals surface area contributed by atoms with Crippen molar-refractivity contribution in [2.24, 2.45) is 5.92 Å². The fourth-order valence-corrected chi connectivity index (χ4v) is 2.82. The Balaban J connectivity index is 1.55. The first-order valence-electron chi connectivity index (χ1n) is 8.25. The van der Waals surface area contributed by atoms with E-state index in [9.17, 15) is 14.4 Å². The highest BCUT2D eigenvalue weighted by Gasteiger charge is 2.28. The van der Waals surface area contributed by atoms with Crippen molar-refractivity contribution in [3.05, 3.63) is 54.1 Å². The molecule has 1 aromatic carbocycles. The molecule has 2 aromatic rings. The Morgan fingerprint density at radius 1 is 1.00 bits per heavy atom. The molecule has 1 fully saturated rings. The van der Waals surface area contributed by atoms with Crippen LogP contribution >= 0.6 is 0 Å². The molecule has 2 amide bonds. The van der Waals surface area contributed by atoms with Gasteiger partial charge >= 0.3 is 5.97 Å². The van der Waals surface area contributed by atoms with Crippen LogP contribution in [0.25, 0.3) is 0 Å². The fraction of sp³-hybridized carbons (Fsp3) is 0.278. The molecule has 26 heavy (non-hydrogen) atoms. The second kappa shape index (κ2) is 7.73. The fourth-order valence-electron chi connectivity index (χ4n) is 2.82. The highest BCUT2D eigenvalue weighted by molar-refractivity contribution is 5.94. The first-order chi connectivity index (χ1) is 12.5. The van der Waals surface area contributed by atoms with E-state index >= 15 is 0 Å². The molecule has 8 nitrogen and oxygen atoms in total. The van der Waals surface area contributed by atoms with Crippen LogP contribution in [0.15, 0.2) is 42.7 Å². The first-order valence-corrected chi connectivity index (χ1v) is 8.25. The number of carboxylic acid groups (broad SMARTS) is 1. The van der Waals surface area contributed by atoms with Crippen LogP contribution in [0, 0.1) is 5.92 Å². The Hall–Kier alpha value is -3.29. The lowest BCUT2D eigenvalue weighted by Crippen LogP contribution is -2.41. The van der Waals surface area contributed by atoms with Crippen LogP contribution in [-0.4, -0.2) is 50.8 Å². The summed E-state index contributed by atoms with van der Waals surface area (Å²) >= 11 is 0. The van der Waals surface area contributed by atoms with Crippen molar-refractivity contribution >= 4 is 23.5 Å². The summed E-state index contributed by atoms with van der Waals surface area (Å²) in [5, 5.41) is 11.7. The van der Waals surface area contributed by atoms with Gasteiger partial charge in [0.2, 0.25) is 5.91 Å². The molecule has 1 aliphatic heterocycles. The van der Waals surface area contributed by atoms with E-state index in [4.69, 9.17) is 5.11 Å². The number of carboxylic acids is 1. The smallest absolute Gasteiger partial charge is 0.356 e. The summed E-state index contributed by atoms with van der Waals surface area (Å²) in [7, 11) is 0. The lowest BCUT2D eigenvalue weighted by atomic mass is 9.95. The minimum Gasteiger partial charge on any atom is -0.476 e. The minimum absolute atomic E-state index is 0.0473. The number of carbonyl (C=O) groups is 3. The average molecular weight is 354 g/mol. The Kier molecular flexibility index (Phi) is 5.21. The molecular weight excluding hydrogens is 336 g/mol. The molecule has 0 saturated carbocycles. The molecule has 0 aliphatic carbocycles. The van der Waals surface area contributed by atoms with Gasteiger partial charge in [-0.05, 0) is 25.0 Å². The summed E-state index contributed by atoms with van der Waals surface area (Å²) in [5.41, 5.74) is 0.643. The summed E-state index contributed by atoms with van der Waals surface area (Å²) in [6.45, 7) is 0.877. The molecule has 1 saturated heterocycles. The van der Waals surface area contributed by atoms with Gasteiger partial charge in [0.15, 0.2) is 5.69 Å². The third-order valence-corrected chi connectivity index (χ3v) is 4.28. The molecule has 0 unspecified atom stereocenters. The van der Waals surface area contributed by atoms with Gasteiger partial charge in [0.05, 0.1) is 12.4 Å². The van der Waals surface area contributed by atoms with Crippen LogP contribution < -0.4 is 5.32 Å². The minimum atomic E-state index is -1.19. The maximum atomic E-state index is 12.4. The van der Waals surface area contributed by atoms with Crippen LogP contribution in [0.3, 0.4) is 0 Å². The predicted molar refractivity (Wildman–Crippen MR) is 92.7 cm³/mol. The lowest BCUT2D eigenvalue weighted by Gasteiger charge is -2.31. The number of carbonyl (C=O) groups excluding carboxylic acids is 2. The van der Waals surface area contributed by atoms with E-state index in [0.29, 0.717) is 25.9 Å². The van der Waals surface area contributed by atoms with Crippen molar-refractivity contribution in [3.63, 3.8) is 0 Å². The standard InChI is InChI=1S/C18H18N4O4/c23-16(21-13-4-2-1-3-5-13)12-6-8-22(9-7-12)17(24)14-10-20-15(11-19-14)18(25)26/h1-5,10-12H,6-9H2,(H,21,23)(H,25,26). The van der Waals surface area contributed by atoms with Gasteiger partial charge in [0, 0.05) is 24.7 Å². The number of piperidine rings is 1. The molecule has 0 radical (unpaired) electrons. The highest BCUT2D eigenvalue weighted by Crippen LogP contribution is 2.20. The lowest BCUT2D eigenvalue weighted by molar-refractivity contribution is -0.121. The van der Waals surface area contributed by atoms with E-state index in [1.54, 1.807) is 4.90 Å². The summed E-state index contributed by atoms with van der Waals surface area (Å²) in [6.07, 6.45) is 3.35. The Bertz CT molecular complexity index is 800. The molecular formula is C18H18N4O4. The summed E-state index contributed by atoms with van der Waals surface area (Å²) < 4.78 is 0. The molecule has 8 heteroatoms. The monoisotopic (exact) mass is 354 g/mol. The van der Waals surface area contributed by atoms with Gasteiger partial charge in [-0.15, -0.1) is 0 Å². The van der Waals surface area contributed by atoms with Crippen molar-refractivity contribution in [1.29, 1.82) is 0 Å². The molecule has 1 aliphatic rings. The third-order valence-electron chi connectivity index (χ3n) is 4.28. The number of para-hydroxylation sites is 1. The van der Waals surface area contributed by atoms with Gasteiger partial charge in [-0.25, -0.2) is 14.8 Å². The Morgan fingerprint density at radius 3 is 2.19 bits per heavy atom. The average Bonchev–Trinajstić information content (AvgIpc) is 2.68. The normalized spacial score (nSPS) is 14.7. The van der Waals surface area contributed by atoms with Gasteiger partial charge < -0.3 is 15.3 Å². The molecule has 134 valence electrons. The largest absolute Gasteiger partial charge is 0.476 e. The van der Waals surface area contributed by atoms with Gasteiger partial charge in [-0.3, -0.25) is 9.59 Å². The number of amides is 2. The van der Waals surface area contributed by atoms with E-state index in [1.165, 1.54) is 6.20 Å². The molecule has 0 bridgehead atoms. The maximum absolute atomic E-state index is 12.4. The second-order valence-corrected chi connectivity index (χ2v) is 6.01. The second-order valence-electron chi connectivity index (χ2n) is 6.01. The van der Waals surface area contributed by atoms with Crippen LogP contribution in [0.5, 0.6) is 0 Å². The van der Waals surface area contributed by atoms with E-state index in [2.05, 4.69) is 15.3 Å². The van der Waals surface area contributed by atoms with Crippen molar-refractivity contribution in [2.75, 3.05) is 18.4 Å². The first kappa shape index (κ1) is 17.5. The van der Waals surface area contributed by atoms with Crippen LogP contribution in [0.4, 0.5) is 5.69 Å². The number of aromatic nitrogens is 2. The van der Waals surface area contributed by atoms with Crippen LogP contribution in [0.2, 0.25) is 0 Å². The number of nitrogens with one attached hydrogen (secondary N) is 1. The maximum Gasteiger partial charge on any atom is 0.356 e. The number of rotatable bonds is 4. The predicted octanol–water partition coefficient (Wildman–Crippen LogP) is 1.67. The van der Waals surface area contributed by atoms with Crippen molar-refractivity contribution in [2.45, 2.75) is 12.8 Å². The van der Waals surface area contributed by atoms with Gasteiger partial charge in [0.25, 0.3) is 5.91 Å². The van der Waals surface area contributed by atoms with E-state index in [0.717, 1.165) is 11.9 Å². The van der Waals surface area contributed by atoms with Gasteiger partial charge in [0.1, 0.15) is 5.69 Å². The van der Waals surface area contributed by atoms with E-state index in [-0.39, 0.29) is 29.1 Å². The van der Waals surface area contributed by atoms with E-state index in [1.807, 2.05) is 30.3 Å². The zero-order valence-corrected chi connectivity index (χ0v) is 14.0. The number of anilines is 1. The van der Waals surface area contributed by atoms with Gasteiger partial charge in [-0.2, -0.15) is 0 Å². The third kappa shape index (κ3) is 4.02. The number of benzene rings is 1. The van der Waals surface area contributed by atoms with Crippen LogP contribution in [0.1, 0.15) is 33.8 Å². The molecule has 3 rings (SSSR count). The van der Waals surface area contributed by atoms with Crippen molar-refractivity contribution in [1.82, 2.24) is 14.9 Å². The molecule has 2 N–H and O–H groups in total. The molecule has 0 atom stereocenters. The van der Waals surface area contributed by atoms with Crippen molar-refractivity contribution in [3.8, 4) is 0 Å². The Morgan fingerprint density at radius 2 is 1.62 bits per heavy atom. The molecule has 1 aromatic heterocycles. The number of hydrogen-bond donors (Lipinski definition) is 2. The summed E-state index contributed by atoms with van der Waals surface area (Å²) in [6, 6.07) is 9.25. The van der Waals surface area contributed by atoms with E-state index < -0.39 is 5.97 Å². The zero-order chi connectivity index (χ0) is 18.5. The number of aromatic carboxylic acids is 1. The zero-order valence-electron chi connectivity index (χ0n) is 14.0. The van der Waals surface area contributed by atoms with Crippen LogP contribution in [-0.2, 0) is 4.79 Å². The Labute approximate surface area is 149 Å². The summed E-state index contributed by atoms with van der Waals surface area (Å²) in [4.78, 5) is 44.7. The van der Waals surface area contributed by atoms with Gasteiger partial charge in [-0.1, -0.05) is 18.2 Å². The number of likely N-dealkylation sites (tertiary alicyclic amines) is 1. The van der Waals surface area contributed by atoms with Crippen molar-refractivity contribution < 1.29 is 19.5 Å². The number of nitrogens with zero attached hydrogens (tertiary/aromatic N) is 3. The SMILES string of the molecule is O=C(O)c1cnc(C(=O)N2CCC(C(=O)Nc3ccccc3)CC2)cn1. The topological polar surface area (TPSA) is 112 Å². The highest BCUT2D eigenvalue weighted by atomic mass is 16.4. The molecule has 2 heterocycles. The quantitative estimate of drug-likeness (QED) is 0.863.